The molecule has 17 heavy (non-hydrogen) atoms. The van der Waals surface area contributed by atoms with Gasteiger partial charge in [0.15, 0.2) is 0 Å². The van der Waals surface area contributed by atoms with Crippen molar-refractivity contribution in [2.24, 2.45) is 0 Å². The third-order valence-corrected chi connectivity index (χ3v) is 2.77. The van der Waals surface area contributed by atoms with E-state index in [-0.39, 0.29) is 7.05 Å². The number of nitrogens with zero attached hydrogens (tertiary/aromatic N) is 1. The largest absolute Gasteiger partial charge is 0.390 e. The van der Waals surface area contributed by atoms with Gasteiger partial charge >= 0.3 is 23.9 Å². The van der Waals surface area contributed by atoms with E-state index in [9.17, 15) is 39.5 Å². The van der Waals surface area contributed by atoms with Gasteiger partial charge in [-0.25, -0.2) is 4.39 Å². The number of hydrogen-bond donors (Lipinski definition) is 0. The van der Waals surface area contributed by atoms with Crippen LogP contribution in [0.2, 0.25) is 0 Å². The zero-order chi connectivity index (χ0) is 14.1. The van der Waals surface area contributed by atoms with Crippen molar-refractivity contribution in [2.45, 2.75) is 36.5 Å². The van der Waals surface area contributed by atoms with Crippen LogP contribution in [0.3, 0.4) is 0 Å². The lowest BCUT2D eigenvalue weighted by Crippen LogP contribution is -2.81. The molecule has 1 heterocycles. The molecule has 1 atom stereocenters. The van der Waals surface area contributed by atoms with Crippen molar-refractivity contribution in [3.8, 4) is 0 Å². The summed E-state index contributed by atoms with van der Waals surface area (Å²) in [5.41, 5.74) is -5.14. The highest BCUT2D eigenvalue weighted by Crippen LogP contribution is 2.62. The second kappa shape index (κ2) is 3.01. The smallest absolute Gasteiger partial charge is 0.229 e. The molecular weight excluding hydrogens is 269 g/mol. The molecule has 0 aromatic carbocycles. The molecule has 1 aliphatic heterocycles. The summed E-state index contributed by atoms with van der Waals surface area (Å²) in [7, 11) is -0.263. The molecular formula is C7H6F9N. The monoisotopic (exact) mass is 275 g/mol. The van der Waals surface area contributed by atoms with Crippen LogP contribution in [0, 0.1) is 0 Å². The Morgan fingerprint density at radius 1 is 0.647 bits per heavy atom. The van der Waals surface area contributed by atoms with Crippen LogP contribution in [0.5, 0.6) is 0 Å². The molecule has 1 aliphatic rings. The van der Waals surface area contributed by atoms with Gasteiger partial charge in [-0.05, 0) is 14.0 Å². The Balaban J connectivity index is 3.56. The topological polar surface area (TPSA) is 3.24 Å². The molecule has 1 rings (SSSR count). The minimum atomic E-state index is -6.26. The first kappa shape index (κ1) is 14.4. The first-order valence-electron chi connectivity index (χ1n) is 4.10. The van der Waals surface area contributed by atoms with Crippen LogP contribution in [-0.2, 0) is 0 Å². The van der Waals surface area contributed by atoms with E-state index in [1.807, 2.05) is 0 Å². The van der Waals surface area contributed by atoms with Gasteiger partial charge < -0.3 is 0 Å². The summed E-state index contributed by atoms with van der Waals surface area (Å²) in [5, 5.41) is 0. The number of hydrogen-bond acceptors (Lipinski definition) is 1. The van der Waals surface area contributed by atoms with E-state index in [0.29, 0.717) is 0 Å². The van der Waals surface area contributed by atoms with E-state index in [4.69, 9.17) is 0 Å². The molecule has 10 heteroatoms. The standard InChI is InChI=1S/C7H6F9N/c1-3(8)4(9,10)5(11,12)7(15,16)17(2)6(3,13)14/h1-2H3. The predicted octanol–water partition coefficient (Wildman–Crippen LogP) is 3.12. The lowest BCUT2D eigenvalue weighted by Gasteiger charge is -2.52. The van der Waals surface area contributed by atoms with Gasteiger partial charge in [-0.2, -0.15) is 40.0 Å². The number of piperidine rings is 1. The van der Waals surface area contributed by atoms with E-state index in [2.05, 4.69) is 0 Å². The Kier molecular flexibility index (Phi) is 2.55. The molecule has 0 aromatic rings. The van der Waals surface area contributed by atoms with Crippen LogP contribution >= 0.6 is 0 Å². The van der Waals surface area contributed by atoms with Gasteiger partial charge in [-0.3, -0.25) is 0 Å². The van der Waals surface area contributed by atoms with E-state index in [1.165, 1.54) is 0 Å². The molecule has 0 radical (unpaired) electrons. The molecule has 0 bridgehead atoms. The number of rotatable bonds is 0. The average Bonchev–Trinajstić information content (AvgIpc) is 2.13. The molecule has 1 unspecified atom stereocenters. The van der Waals surface area contributed by atoms with Gasteiger partial charge in [0, 0.05) is 0 Å². The summed E-state index contributed by atoms with van der Waals surface area (Å²) in [6.07, 6.45) is 0. The summed E-state index contributed by atoms with van der Waals surface area (Å²) in [5.74, 6) is -12.5. The zero-order valence-electron chi connectivity index (χ0n) is 8.35. The van der Waals surface area contributed by atoms with Crippen LogP contribution in [0.25, 0.3) is 0 Å². The second-order valence-electron chi connectivity index (χ2n) is 3.79. The van der Waals surface area contributed by atoms with Crippen LogP contribution < -0.4 is 0 Å². The summed E-state index contributed by atoms with van der Waals surface area (Å²) >= 11 is 0. The van der Waals surface area contributed by atoms with Crippen molar-refractivity contribution < 1.29 is 39.5 Å². The molecule has 102 valence electrons. The third kappa shape index (κ3) is 1.22. The highest BCUT2D eigenvalue weighted by atomic mass is 19.4. The third-order valence-electron chi connectivity index (χ3n) is 2.77. The molecule has 0 saturated carbocycles. The van der Waals surface area contributed by atoms with Gasteiger partial charge in [-0.1, -0.05) is 0 Å². The van der Waals surface area contributed by atoms with Gasteiger partial charge in [0.05, 0.1) is 0 Å². The minimum absolute atomic E-state index is 0.263. The Morgan fingerprint density at radius 2 is 1.00 bits per heavy atom. The molecule has 0 amide bonds. The van der Waals surface area contributed by atoms with Crippen LogP contribution in [0.4, 0.5) is 39.5 Å². The maximum atomic E-state index is 13.2. The van der Waals surface area contributed by atoms with Crippen LogP contribution in [-0.4, -0.2) is 41.6 Å². The van der Waals surface area contributed by atoms with E-state index in [0.717, 1.165) is 0 Å². The van der Waals surface area contributed by atoms with E-state index in [1.54, 1.807) is 0 Å². The summed E-state index contributed by atoms with van der Waals surface area (Å²) in [4.78, 5) is -1.68. The Bertz CT molecular complexity index is 304. The van der Waals surface area contributed by atoms with Crippen LogP contribution in [0.15, 0.2) is 0 Å². The number of halogens is 9. The summed E-state index contributed by atoms with van der Waals surface area (Å²) in [6.45, 7) is -0.549. The lowest BCUT2D eigenvalue weighted by atomic mass is 9.85. The minimum Gasteiger partial charge on any atom is -0.229 e. The summed E-state index contributed by atoms with van der Waals surface area (Å²) in [6, 6.07) is -11.3. The second-order valence-corrected chi connectivity index (χ2v) is 3.79. The van der Waals surface area contributed by atoms with E-state index < -0.39 is 41.4 Å². The summed E-state index contributed by atoms with van der Waals surface area (Å²) < 4.78 is 116. The average molecular weight is 275 g/mol. The van der Waals surface area contributed by atoms with Crippen molar-refractivity contribution in [2.75, 3.05) is 7.05 Å². The van der Waals surface area contributed by atoms with Crippen molar-refractivity contribution in [1.82, 2.24) is 4.90 Å². The molecule has 1 fully saturated rings. The maximum Gasteiger partial charge on any atom is 0.390 e. The van der Waals surface area contributed by atoms with Gasteiger partial charge in [-0.15, -0.1) is 0 Å². The maximum absolute atomic E-state index is 13.2. The Morgan fingerprint density at radius 3 is 1.35 bits per heavy atom. The normalized spacial score (nSPS) is 39.0. The molecule has 1 saturated heterocycles. The Hall–Kier alpha value is -0.670. The van der Waals surface area contributed by atoms with Gasteiger partial charge in [0.25, 0.3) is 5.67 Å². The highest BCUT2D eigenvalue weighted by molar-refractivity contribution is 5.16. The molecule has 0 aromatic heterocycles. The van der Waals surface area contributed by atoms with Gasteiger partial charge in [0.1, 0.15) is 0 Å². The number of likely N-dealkylation sites (tertiary alicyclic amines) is 1. The Labute approximate surface area is 89.2 Å². The quantitative estimate of drug-likeness (QED) is 0.485. The molecule has 0 aliphatic carbocycles. The molecule has 1 nitrogen and oxygen atoms in total. The zero-order valence-corrected chi connectivity index (χ0v) is 8.35. The SMILES string of the molecule is CN1C(F)(F)C(C)(F)C(F)(F)C(F)(F)C1(F)F. The fraction of sp³-hybridized carbons (Fsp3) is 1.00. The predicted molar refractivity (Wildman–Crippen MR) is 37.1 cm³/mol. The molecule has 0 N–H and O–H groups in total. The van der Waals surface area contributed by atoms with Crippen molar-refractivity contribution in [3.05, 3.63) is 0 Å². The first-order chi connectivity index (χ1) is 7.15. The van der Waals surface area contributed by atoms with Crippen molar-refractivity contribution in [1.29, 1.82) is 0 Å². The van der Waals surface area contributed by atoms with Crippen molar-refractivity contribution in [3.63, 3.8) is 0 Å². The highest BCUT2D eigenvalue weighted by Gasteiger charge is 2.91. The number of alkyl halides is 9. The lowest BCUT2D eigenvalue weighted by molar-refractivity contribution is -0.476. The first-order valence-corrected chi connectivity index (χ1v) is 4.10. The van der Waals surface area contributed by atoms with Crippen molar-refractivity contribution >= 4 is 0 Å². The fourth-order valence-electron chi connectivity index (χ4n) is 1.37. The molecule has 0 spiro atoms. The van der Waals surface area contributed by atoms with Gasteiger partial charge in [0.2, 0.25) is 0 Å². The fourth-order valence-corrected chi connectivity index (χ4v) is 1.37. The van der Waals surface area contributed by atoms with E-state index >= 15 is 0 Å². The van der Waals surface area contributed by atoms with Crippen LogP contribution in [0.1, 0.15) is 6.92 Å².